The van der Waals surface area contributed by atoms with Gasteiger partial charge in [-0.25, -0.2) is 9.97 Å². The van der Waals surface area contributed by atoms with Crippen molar-refractivity contribution in [2.75, 3.05) is 44.2 Å². The number of piperazine rings is 1. The van der Waals surface area contributed by atoms with Crippen molar-refractivity contribution >= 4 is 22.4 Å². The fraction of sp³-hybridized carbons (Fsp3) is 0.516. The van der Waals surface area contributed by atoms with Crippen molar-refractivity contribution in [2.45, 2.75) is 64.3 Å². The molecule has 3 aromatic rings. The Kier molecular flexibility index (Phi) is 7.59. The van der Waals surface area contributed by atoms with Gasteiger partial charge in [0, 0.05) is 49.5 Å². The van der Waals surface area contributed by atoms with Gasteiger partial charge in [-0.15, -0.1) is 0 Å². The molecule has 1 saturated heterocycles. The maximum Gasteiger partial charge on any atom is 0.155 e. The Morgan fingerprint density at radius 1 is 1.08 bits per heavy atom. The quantitative estimate of drug-likeness (QED) is 0.450. The highest BCUT2D eigenvalue weighted by Crippen LogP contribution is 2.37. The minimum atomic E-state index is -0.180. The molecule has 1 aromatic heterocycles. The molecule has 0 saturated carbocycles. The van der Waals surface area contributed by atoms with Gasteiger partial charge in [-0.05, 0) is 55.4 Å². The molecule has 6 nitrogen and oxygen atoms in total. The fourth-order valence-electron chi connectivity index (χ4n) is 5.78. The SMILES string of the molecule is CCC(C)(C)NCC(C(=O)CN1CCN(c2ncnc3c2[C@H](C)CC3)CC1)c1cccc2ccccc12. The molecule has 1 aliphatic carbocycles. The van der Waals surface area contributed by atoms with E-state index in [9.17, 15) is 4.79 Å². The summed E-state index contributed by atoms with van der Waals surface area (Å²) in [5, 5.41) is 6.05. The molecule has 6 heteroatoms. The number of rotatable bonds is 9. The van der Waals surface area contributed by atoms with E-state index in [1.807, 2.05) is 0 Å². The molecule has 5 rings (SSSR count). The van der Waals surface area contributed by atoms with E-state index in [-0.39, 0.29) is 11.5 Å². The molecule has 0 bridgehead atoms. The number of hydrogen-bond acceptors (Lipinski definition) is 6. The Balaban J connectivity index is 1.30. The number of carbonyl (C=O) groups is 1. The third-order valence-electron chi connectivity index (χ3n) is 8.56. The molecule has 1 unspecified atom stereocenters. The lowest BCUT2D eigenvalue weighted by atomic mass is 9.88. The molecular formula is C31H41N5O. The molecule has 196 valence electrons. The molecule has 1 N–H and O–H groups in total. The van der Waals surface area contributed by atoms with Gasteiger partial charge in [-0.3, -0.25) is 9.69 Å². The molecule has 0 radical (unpaired) electrons. The maximum absolute atomic E-state index is 13.9. The number of fused-ring (bicyclic) bond motifs is 2. The molecule has 2 aromatic carbocycles. The number of anilines is 1. The normalized spacial score (nSPS) is 19.2. The molecule has 1 fully saturated rings. The van der Waals surface area contributed by atoms with Crippen molar-refractivity contribution in [2.24, 2.45) is 0 Å². The summed E-state index contributed by atoms with van der Waals surface area (Å²) in [6, 6.07) is 14.8. The summed E-state index contributed by atoms with van der Waals surface area (Å²) < 4.78 is 0. The third kappa shape index (κ3) is 5.55. The van der Waals surface area contributed by atoms with Crippen molar-refractivity contribution in [1.82, 2.24) is 20.2 Å². The summed E-state index contributed by atoms with van der Waals surface area (Å²) in [4.78, 5) is 27.8. The Morgan fingerprint density at radius 2 is 1.84 bits per heavy atom. The van der Waals surface area contributed by atoms with Crippen molar-refractivity contribution < 1.29 is 4.79 Å². The first-order valence-electron chi connectivity index (χ1n) is 13.9. The van der Waals surface area contributed by atoms with Gasteiger partial charge >= 0.3 is 0 Å². The Bertz CT molecular complexity index is 1240. The van der Waals surface area contributed by atoms with Crippen LogP contribution in [0.1, 0.15) is 69.2 Å². The minimum Gasteiger partial charge on any atom is -0.354 e. The first-order chi connectivity index (χ1) is 17.9. The summed E-state index contributed by atoms with van der Waals surface area (Å²) in [7, 11) is 0. The smallest absolute Gasteiger partial charge is 0.155 e. The topological polar surface area (TPSA) is 61.4 Å². The predicted molar refractivity (Wildman–Crippen MR) is 151 cm³/mol. The number of carbonyl (C=O) groups excluding carboxylic acids is 1. The van der Waals surface area contributed by atoms with Crippen LogP contribution in [0.2, 0.25) is 0 Å². The number of nitrogens with one attached hydrogen (secondary N) is 1. The molecular weight excluding hydrogens is 458 g/mol. The number of ketones is 1. The Hall–Kier alpha value is -2.83. The molecule has 2 atom stereocenters. The Morgan fingerprint density at radius 3 is 2.62 bits per heavy atom. The molecule has 1 aliphatic heterocycles. The second kappa shape index (κ2) is 10.9. The zero-order valence-electron chi connectivity index (χ0n) is 22.8. The zero-order chi connectivity index (χ0) is 26.0. The van der Waals surface area contributed by atoms with Crippen LogP contribution < -0.4 is 10.2 Å². The molecule has 37 heavy (non-hydrogen) atoms. The largest absolute Gasteiger partial charge is 0.354 e. The van der Waals surface area contributed by atoms with Gasteiger partial charge in [-0.1, -0.05) is 56.3 Å². The van der Waals surface area contributed by atoms with Crippen LogP contribution in [0.4, 0.5) is 5.82 Å². The molecule has 0 spiro atoms. The zero-order valence-corrected chi connectivity index (χ0v) is 22.8. The first kappa shape index (κ1) is 25.8. The second-order valence-corrected chi connectivity index (χ2v) is 11.5. The Labute approximate surface area is 221 Å². The summed E-state index contributed by atoms with van der Waals surface area (Å²) in [6.07, 6.45) is 4.95. The number of nitrogens with zero attached hydrogens (tertiary/aromatic N) is 4. The number of benzene rings is 2. The van der Waals surface area contributed by atoms with Crippen LogP contribution in [0, 0.1) is 0 Å². The number of aryl methyl sites for hydroxylation is 1. The lowest BCUT2D eigenvalue weighted by Gasteiger charge is -2.37. The van der Waals surface area contributed by atoms with Crippen LogP contribution in [-0.2, 0) is 11.2 Å². The number of aromatic nitrogens is 2. The van der Waals surface area contributed by atoms with E-state index < -0.39 is 0 Å². The van der Waals surface area contributed by atoms with Crippen LogP contribution in [-0.4, -0.2) is 65.5 Å². The third-order valence-corrected chi connectivity index (χ3v) is 8.56. The second-order valence-electron chi connectivity index (χ2n) is 11.5. The van der Waals surface area contributed by atoms with Crippen molar-refractivity contribution in [3.05, 3.63) is 65.6 Å². The monoisotopic (exact) mass is 499 g/mol. The van der Waals surface area contributed by atoms with Gasteiger partial charge < -0.3 is 10.2 Å². The summed E-state index contributed by atoms with van der Waals surface area (Å²) >= 11 is 0. The summed E-state index contributed by atoms with van der Waals surface area (Å²) in [5.41, 5.74) is 3.68. The van der Waals surface area contributed by atoms with Gasteiger partial charge in [0.15, 0.2) is 5.78 Å². The summed E-state index contributed by atoms with van der Waals surface area (Å²) in [6.45, 7) is 13.6. The van der Waals surface area contributed by atoms with Crippen LogP contribution >= 0.6 is 0 Å². The van der Waals surface area contributed by atoms with Crippen molar-refractivity contribution in [3.8, 4) is 0 Å². The van der Waals surface area contributed by atoms with Gasteiger partial charge in [0.25, 0.3) is 0 Å². The lowest BCUT2D eigenvalue weighted by molar-refractivity contribution is -0.121. The van der Waals surface area contributed by atoms with E-state index in [1.54, 1.807) is 6.33 Å². The van der Waals surface area contributed by atoms with Crippen molar-refractivity contribution in [3.63, 3.8) is 0 Å². The fourth-order valence-corrected chi connectivity index (χ4v) is 5.78. The summed E-state index contributed by atoms with van der Waals surface area (Å²) in [5.74, 6) is 1.74. The lowest BCUT2D eigenvalue weighted by Crippen LogP contribution is -2.50. The minimum absolute atomic E-state index is 0.0102. The highest BCUT2D eigenvalue weighted by molar-refractivity contribution is 5.95. The average molecular weight is 500 g/mol. The van der Waals surface area contributed by atoms with Crippen LogP contribution in [0.15, 0.2) is 48.8 Å². The highest BCUT2D eigenvalue weighted by atomic mass is 16.1. The molecule has 2 heterocycles. The van der Waals surface area contributed by atoms with Gasteiger partial charge in [0.1, 0.15) is 12.1 Å². The van der Waals surface area contributed by atoms with Crippen LogP contribution in [0.5, 0.6) is 0 Å². The van der Waals surface area contributed by atoms with Crippen LogP contribution in [0.25, 0.3) is 10.8 Å². The van der Waals surface area contributed by atoms with Gasteiger partial charge in [0.05, 0.1) is 12.5 Å². The van der Waals surface area contributed by atoms with E-state index in [0.717, 1.165) is 56.8 Å². The van der Waals surface area contributed by atoms with Crippen molar-refractivity contribution in [1.29, 1.82) is 0 Å². The highest BCUT2D eigenvalue weighted by Gasteiger charge is 2.31. The van der Waals surface area contributed by atoms with Gasteiger partial charge in [-0.2, -0.15) is 0 Å². The maximum atomic E-state index is 13.9. The first-order valence-corrected chi connectivity index (χ1v) is 13.9. The standard InChI is InChI=1S/C31H41N5O/c1-5-31(3,4)34-19-26(25-12-8-10-23-9-6-7-11-24(23)25)28(37)20-35-15-17-36(18-16-35)30-29-22(2)13-14-27(29)32-21-33-30/h6-12,21-22,26,34H,5,13-20H2,1-4H3/t22-,26?/m1/s1. The number of Topliss-reactive ketones (excluding diaryl/α,β-unsaturated/α-hetero) is 1. The van der Waals surface area contributed by atoms with E-state index in [0.29, 0.717) is 24.8 Å². The van der Waals surface area contributed by atoms with E-state index in [4.69, 9.17) is 0 Å². The average Bonchev–Trinajstić information content (AvgIpc) is 3.30. The van der Waals surface area contributed by atoms with Gasteiger partial charge in [0.2, 0.25) is 0 Å². The number of hydrogen-bond donors (Lipinski definition) is 1. The van der Waals surface area contributed by atoms with Crippen LogP contribution in [0.3, 0.4) is 0 Å². The molecule has 2 aliphatic rings. The van der Waals surface area contributed by atoms with E-state index >= 15 is 0 Å². The predicted octanol–water partition coefficient (Wildman–Crippen LogP) is 4.93. The van der Waals surface area contributed by atoms with E-state index in [2.05, 4.69) is 95.2 Å². The van der Waals surface area contributed by atoms with E-state index in [1.165, 1.54) is 22.0 Å². The molecule has 0 amide bonds.